The van der Waals surface area contributed by atoms with E-state index in [-0.39, 0.29) is 5.91 Å². The van der Waals surface area contributed by atoms with Crippen molar-refractivity contribution in [3.8, 4) is 11.5 Å². The average Bonchev–Trinajstić information content (AvgIpc) is 3.14. The summed E-state index contributed by atoms with van der Waals surface area (Å²) in [5.74, 6) is 1.22. The summed E-state index contributed by atoms with van der Waals surface area (Å²) < 4.78 is 5.48. The molecule has 3 rings (SSSR count). The van der Waals surface area contributed by atoms with E-state index in [1.54, 1.807) is 18.5 Å². The van der Waals surface area contributed by atoms with Crippen molar-refractivity contribution in [1.82, 2.24) is 20.5 Å². The summed E-state index contributed by atoms with van der Waals surface area (Å²) in [6.45, 7) is 2.27. The standard InChI is InChI=1S/C15H14N4O2/c1-10-4-5-14(21-10)12-7-13(19-18-12)15(20)17-9-11-3-2-6-16-8-11/h2-8H,9H2,1H3,(H,17,20)(H,18,19). The summed E-state index contributed by atoms with van der Waals surface area (Å²) in [7, 11) is 0. The SMILES string of the molecule is Cc1ccc(-c2cc(C(=O)NCc3cccnc3)n[nH]2)o1. The number of furan rings is 1. The number of H-pyrrole nitrogens is 1. The van der Waals surface area contributed by atoms with Gasteiger partial charge >= 0.3 is 0 Å². The number of carbonyl (C=O) groups excluding carboxylic acids is 1. The lowest BCUT2D eigenvalue weighted by Gasteiger charge is -2.01. The Labute approximate surface area is 121 Å². The Hall–Kier alpha value is -2.89. The zero-order valence-corrected chi connectivity index (χ0v) is 11.5. The van der Waals surface area contributed by atoms with Crippen LogP contribution in [-0.4, -0.2) is 21.1 Å². The van der Waals surface area contributed by atoms with Crippen molar-refractivity contribution in [2.45, 2.75) is 13.5 Å². The maximum Gasteiger partial charge on any atom is 0.272 e. The average molecular weight is 282 g/mol. The molecule has 0 aromatic carbocycles. The third kappa shape index (κ3) is 3.00. The molecule has 0 aliphatic rings. The van der Waals surface area contributed by atoms with E-state index in [9.17, 15) is 4.79 Å². The first kappa shape index (κ1) is 13.1. The summed E-state index contributed by atoms with van der Waals surface area (Å²) >= 11 is 0. The number of aromatic amines is 1. The van der Waals surface area contributed by atoms with Crippen molar-refractivity contribution in [3.63, 3.8) is 0 Å². The molecular weight excluding hydrogens is 268 g/mol. The number of aromatic nitrogens is 3. The zero-order valence-electron chi connectivity index (χ0n) is 11.5. The van der Waals surface area contributed by atoms with Crippen molar-refractivity contribution >= 4 is 5.91 Å². The molecule has 21 heavy (non-hydrogen) atoms. The Bertz CT molecular complexity index is 746. The van der Waals surface area contributed by atoms with Crippen LogP contribution in [0.4, 0.5) is 0 Å². The van der Waals surface area contributed by atoms with Crippen molar-refractivity contribution in [2.75, 3.05) is 0 Å². The number of aryl methyl sites for hydroxylation is 1. The van der Waals surface area contributed by atoms with Crippen LogP contribution < -0.4 is 5.32 Å². The van der Waals surface area contributed by atoms with E-state index in [1.165, 1.54) is 0 Å². The summed E-state index contributed by atoms with van der Waals surface area (Å²) in [6, 6.07) is 9.08. The molecule has 6 heteroatoms. The Morgan fingerprint density at radius 3 is 3.00 bits per heavy atom. The fourth-order valence-corrected chi connectivity index (χ4v) is 1.92. The molecule has 0 atom stereocenters. The molecule has 0 radical (unpaired) electrons. The number of nitrogens with zero attached hydrogens (tertiary/aromatic N) is 2. The maximum absolute atomic E-state index is 12.0. The van der Waals surface area contributed by atoms with Crippen molar-refractivity contribution < 1.29 is 9.21 Å². The van der Waals surface area contributed by atoms with Crippen LogP contribution >= 0.6 is 0 Å². The third-order valence-electron chi connectivity index (χ3n) is 2.99. The van der Waals surface area contributed by atoms with E-state index in [2.05, 4.69) is 20.5 Å². The second-order valence-electron chi connectivity index (χ2n) is 4.62. The summed E-state index contributed by atoms with van der Waals surface area (Å²) in [5, 5.41) is 9.59. The smallest absolute Gasteiger partial charge is 0.272 e. The van der Waals surface area contributed by atoms with E-state index >= 15 is 0 Å². The molecule has 106 valence electrons. The minimum absolute atomic E-state index is 0.246. The summed E-state index contributed by atoms with van der Waals surface area (Å²) in [6.07, 6.45) is 3.40. The molecule has 0 fully saturated rings. The summed E-state index contributed by atoms with van der Waals surface area (Å²) in [5.41, 5.74) is 1.93. The quantitative estimate of drug-likeness (QED) is 0.769. The lowest BCUT2D eigenvalue weighted by Crippen LogP contribution is -2.23. The number of amides is 1. The highest BCUT2D eigenvalue weighted by atomic mass is 16.3. The van der Waals surface area contributed by atoms with Gasteiger partial charge in [0, 0.05) is 25.0 Å². The molecule has 1 amide bonds. The summed E-state index contributed by atoms with van der Waals surface area (Å²) in [4.78, 5) is 16.0. The van der Waals surface area contributed by atoms with Gasteiger partial charge in [-0.15, -0.1) is 0 Å². The second-order valence-corrected chi connectivity index (χ2v) is 4.62. The van der Waals surface area contributed by atoms with Gasteiger partial charge < -0.3 is 9.73 Å². The lowest BCUT2D eigenvalue weighted by molar-refractivity contribution is 0.0946. The molecule has 0 aliphatic heterocycles. The van der Waals surface area contributed by atoms with E-state index in [0.29, 0.717) is 23.7 Å². The molecule has 0 unspecified atom stereocenters. The van der Waals surface area contributed by atoms with Crippen LogP contribution in [0.2, 0.25) is 0 Å². The largest absolute Gasteiger partial charge is 0.460 e. The van der Waals surface area contributed by atoms with Crippen molar-refractivity contribution in [2.24, 2.45) is 0 Å². The Balaban J connectivity index is 1.67. The number of nitrogens with one attached hydrogen (secondary N) is 2. The van der Waals surface area contributed by atoms with Crippen LogP contribution in [0.5, 0.6) is 0 Å². The Morgan fingerprint density at radius 2 is 2.29 bits per heavy atom. The van der Waals surface area contributed by atoms with Gasteiger partial charge in [-0.05, 0) is 30.7 Å². The second kappa shape index (κ2) is 5.62. The number of rotatable bonds is 4. The minimum Gasteiger partial charge on any atom is -0.460 e. The topological polar surface area (TPSA) is 83.8 Å². The molecule has 0 spiro atoms. The molecule has 0 aliphatic carbocycles. The first-order valence-electron chi connectivity index (χ1n) is 6.52. The van der Waals surface area contributed by atoms with Crippen molar-refractivity contribution in [3.05, 3.63) is 59.7 Å². The molecule has 3 aromatic heterocycles. The van der Waals surface area contributed by atoms with Crippen molar-refractivity contribution in [1.29, 1.82) is 0 Å². The maximum atomic E-state index is 12.0. The fraction of sp³-hybridized carbons (Fsp3) is 0.133. The molecule has 0 saturated carbocycles. The Morgan fingerprint density at radius 1 is 1.38 bits per heavy atom. The fourth-order valence-electron chi connectivity index (χ4n) is 1.92. The van der Waals surface area contributed by atoms with Gasteiger partial charge in [0.15, 0.2) is 11.5 Å². The Kier molecular flexibility index (Phi) is 3.51. The van der Waals surface area contributed by atoms with Gasteiger partial charge in [0.05, 0.1) is 0 Å². The monoisotopic (exact) mass is 282 g/mol. The first-order chi connectivity index (χ1) is 10.2. The van der Waals surface area contributed by atoms with E-state index in [0.717, 1.165) is 11.3 Å². The van der Waals surface area contributed by atoms with Gasteiger partial charge in [0.2, 0.25) is 0 Å². The number of hydrogen-bond donors (Lipinski definition) is 2. The van der Waals surface area contributed by atoms with E-state index in [1.807, 2.05) is 31.2 Å². The first-order valence-corrected chi connectivity index (χ1v) is 6.52. The van der Waals surface area contributed by atoms with Gasteiger partial charge in [0.1, 0.15) is 11.5 Å². The molecule has 3 aromatic rings. The molecule has 3 heterocycles. The van der Waals surface area contributed by atoms with Crippen LogP contribution in [0.25, 0.3) is 11.5 Å². The van der Waals surface area contributed by atoms with Crippen LogP contribution in [0.1, 0.15) is 21.8 Å². The molecule has 2 N–H and O–H groups in total. The highest BCUT2D eigenvalue weighted by Crippen LogP contribution is 2.20. The predicted octanol–water partition coefficient (Wildman–Crippen LogP) is 2.30. The zero-order chi connectivity index (χ0) is 14.7. The normalized spacial score (nSPS) is 10.5. The third-order valence-corrected chi connectivity index (χ3v) is 2.99. The van der Waals surface area contributed by atoms with Gasteiger partial charge in [-0.3, -0.25) is 14.9 Å². The minimum atomic E-state index is -0.246. The van der Waals surface area contributed by atoms with Gasteiger partial charge in [0.25, 0.3) is 5.91 Å². The lowest BCUT2D eigenvalue weighted by atomic mass is 10.2. The van der Waals surface area contributed by atoms with Crippen LogP contribution in [0, 0.1) is 6.92 Å². The van der Waals surface area contributed by atoms with Gasteiger partial charge in [-0.1, -0.05) is 6.07 Å². The molecule has 0 bridgehead atoms. The molecule has 6 nitrogen and oxygen atoms in total. The number of carbonyl (C=O) groups is 1. The molecular formula is C15H14N4O2. The van der Waals surface area contributed by atoms with Crippen LogP contribution in [0.3, 0.4) is 0 Å². The number of pyridine rings is 1. The van der Waals surface area contributed by atoms with E-state index in [4.69, 9.17) is 4.42 Å². The van der Waals surface area contributed by atoms with Gasteiger partial charge in [-0.2, -0.15) is 5.10 Å². The van der Waals surface area contributed by atoms with Crippen LogP contribution in [-0.2, 0) is 6.54 Å². The van der Waals surface area contributed by atoms with E-state index < -0.39 is 0 Å². The predicted molar refractivity (Wildman–Crippen MR) is 76.4 cm³/mol. The van der Waals surface area contributed by atoms with Gasteiger partial charge in [-0.25, -0.2) is 0 Å². The highest BCUT2D eigenvalue weighted by Gasteiger charge is 2.12. The van der Waals surface area contributed by atoms with Crippen LogP contribution in [0.15, 0.2) is 47.1 Å². The highest BCUT2D eigenvalue weighted by molar-refractivity contribution is 5.93. The number of hydrogen-bond acceptors (Lipinski definition) is 4. The molecule has 0 saturated heterocycles.